The van der Waals surface area contributed by atoms with Crippen molar-refractivity contribution in [3.8, 4) is 68.0 Å². The van der Waals surface area contributed by atoms with Crippen LogP contribution in [0.3, 0.4) is 0 Å². The summed E-state index contributed by atoms with van der Waals surface area (Å²) >= 11 is 6.07. The number of aromatic nitrogens is 8. The van der Waals surface area contributed by atoms with E-state index in [1.807, 2.05) is 170 Å². The Morgan fingerprint density at radius 3 is 0.990 bits per heavy atom. The lowest BCUT2D eigenvalue weighted by molar-refractivity contribution is -0.135. The normalized spacial score (nSPS) is 13.3. The number of hydrogen-bond acceptors (Lipinski definition) is 12. The predicted molar refractivity (Wildman–Crippen MR) is 390 cm³/mol. The van der Waals surface area contributed by atoms with Crippen LogP contribution < -0.4 is 18.9 Å². The van der Waals surface area contributed by atoms with Gasteiger partial charge in [-0.15, -0.1) is 0 Å². The van der Waals surface area contributed by atoms with Crippen LogP contribution in [0.5, 0.6) is 23.0 Å². The summed E-state index contributed by atoms with van der Waals surface area (Å²) in [4.78, 5) is 57.4. The molecule has 4 amide bonds. The summed E-state index contributed by atoms with van der Waals surface area (Å²) in [6.07, 6.45) is 2.98. The topological polar surface area (TPSA) is 233 Å². The van der Waals surface area contributed by atoms with Crippen LogP contribution in [-0.4, -0.2) is 137 Å². The van der Waals surface area contributed by atoms with Crippen LogP contribution in [0, 0.1) is 18.6 Å². The number of nitrogens with one attached hydrogen (secondary N) is 4. The van der Waals surface area contributed by atoms with Gasteiger partial charge in [0.1, 0.15) is 23.1 Å². The zero-order chi connectivity index (χ0) is 71.7. The SMILES string of the molecule is Cc1ccc(OCC(=O)N2CCc3[nH]nc(-c4ccccc4)c3C2)cc1.O=C(COc1ccc(F)cc1)N1CCc2[nH]nc(-c3ccccc3)c2C1.O=C(COc1ccccc1Cl)N1CCc2[nH]nc(-c3ccccc3)c2C1.O=C(COc1ccccc1F)N1CCc2[nH]nc(-c3ccccc3)c2C1. The lowest BCUT2D eigenvalue weighted by Crippen LogP contribution is -2.38. The summed E-state index contributed by atoms with van der Waals surface area (Å²) in [5.74, 6) is 0.676. The number of aromatic amines is 4. The Morgan fingerprint density at radius 1 is 0.365 bits per heavy atom. The number of carbonyl (C=O) groups excluding carboxylic acids is 4. The second-order valence-corrected chi connectivity index (χ2v) is 25.5. The van der Waals surface area contributed by atoms with Gasteiger partial charge in [-0.3, -0.25) is 39.6 Å². The molecule has 12 aromatic rings. The number of fused-ring (bicyclic) bond motifs is 4. The fraction of sp³-hybridized carbons (Fsp3) is 0.210. The molecule has 4 aliphatic heterocycles. The molecule has 0 fully saturated rings. The molecule has 0 unspecified atom stereocenters. The van der Waals surface area contributed by atoms with Crippen molar-refractivity contribution in [2.24, 2.45) is 0 Å². The molecule has 0 spiro atoms. The number of hydrogen-bond donors (Lipinski definition) is 4. The van der Waals surface area contributed by atoms with Gasteiger partial charge in [-0.2, -0.15) is 20.4 Å². The molecule has 4 aromatic heterocycles. The molecule has 0 bridgehead atoms. The third-order valence-corrected chi connectivity index (χ3v) is 18.6. The van der Waals surface area contributed by atoms with Crippen LogP contribution in [-0.2, 0) is 71.0 Å². The summed E-state index contributed by atoms with van der Waals surface area (Å²) in [5, 5.41) is 30.7. The van der Waals surface area contributed by atoms with E-state index >= 15 is 0 Å². The summed E-state index contributed by atoms with van der Waals surface area (Å²) in [6, 6.07) is 66.5. The number of halogens is 3. The lowest BCUT2D eigenvalue weighted by Gasteiger charge is -2.27. The maximum Gasteiger partial charge on any atom is 0.260 e. The van der Waals surface area contributed by atoms with Gasteiger partial charge < -0.3 is 38.5 Å². The van der Waals surface area contributed by atoms with E-state index in [1.165, 1.54) is 42.0 Å². The molecule has 0 atom stereocenters. The molecule has 23 heteroatoms. The van der Waals surface area contributed by atoms with E-state index in [1.54, 1.807) is 39.0 Å². The van der Waals surface area contributed by atoms with Crippen LogP contribution in [0.4, 0.5) is 8.78 Å². The van der Waals surface area contributed by atoms with E-state index in [0.29, 0.717) is 75.3 Å². The summed E-state index contributed by atoms with van der Waals surface area (Å²) in [7, 11) is 0. The Bertz CT molecular complexity index is 4580. The van der Waals surface area contributed by atoms with Crippen LogP contribution in [0.1, 0.15) is 50.6 Å². The fourth-order valence-corrected chi connectivity index (χ4v) is 12.8. The first-order valence-electron chi connectivity index (χ1n) is 34.3. The summed E-state index contributed by atoms with van der Waals surface area (Å²) < 4.78 is 48.6. The Balaban J connectivity index is 0.000000123. The summed E-state index contributed by atoms with van der Waals surface area (Å²) in [5.41, 5.74) is 17.5. The van der Waals surface area contributed by atoms with E-state index in [9.17, 15) is 28.0 Å². The van der Waals surface area contributed by atoms with Crippen LogP contribution in [0.15, 0.2) is 218 Å². The van der Waals surface area contributed by atoms with Crippen molar-refractivity contribution in [1.29, 1.82) is 0 Å². The molecule has 0 radical (unpaired) electrons. The zero-order valence-electron chi connectivity index (χ0n) is 57.1. The number of rotatable bonds is 16. The number of ether oxygens (including phenoxy) is 4. The molecule has 4 aliphatic rings. The number of para-hydroxylation sites is 2. The van der Waals surface area contributed by atoms with Crippen molar-refractivity contribution < 1.29 is 46.9 Å². The highest BCUT2D eigenvalue weighted by atomic mass is 35.5. The number of amides is 4. The van der Waals surface area contributed by atoms with Gasteiger partial charge in [-0.05, 0) is 67.6 Å². The monoisotopic (exact) mass is 1420 g/mol. The molecule has 104 heavy (non-hydrogen) atoms. The van der Waals surface area contributed by atoms with Crippen LogP contribution in [0.2, 0.25) is 5.02 Å². The predicted octanol–water partition coefficient (Wildman–Crippen LogP) is 13.4. The highest BCUT2D eigenvalue weighted by Crippen LogP contribution is 2.34. The van der Waals surface area contributed by atoms with Crippen LogP contribution in [0.25, 0.3) is 45.0 Å². The number of aryl methyl sites for hydroxylation is 1. The largest absolute Gasteiger partial charge is 0.484 e. The minimum absolute atomic E-state index is 0.00330. The van der Waals surface area contributed by atoms with Crippen LogP contribution >= 0.6 is 11.6 Å². The van der Waals surface area contributed by atoms with E-state index in [2.05, 4.69) is 40.8 Å². The van der Waals surface area contributed by atoms with Crippen molar-refractivity contribution in [2.75, 3.05) is 52.6 Å². The van der Waals surface area contributed by atoms with Crippen molar-refractivity contribution in [2.45, 2.75) is 58.8 Å². The van der Waals surface area contributed by atoms with Gasteiger partial charge in [0.15, 0.2) is 38.0 Å². The summed E-state index contributed by atoms with van der Waals surface area (Å²) in [6.45, 7) is 6.38. The van der Waals surface area contributed by atoms with Gasteiger partial charge in [0, 0.05) is 145 Å². The molecular formula is C81H75ClF2N12O8. The van der Waals surface area contributed by atoms with Gasteiger partial charge >= 0.3 is 0 Å². The molecule has 0 saturated heterocycles. The second kappa shape index (κ2) is 33.5. The highest BCUT2D eigenvalue weighted by Gasteiger charge is 2.31. The molecular weight excluding hydrogens is 1340 g/mol. The Kier molecular flexibility index (Phi) is 22.7. The quantitative estimate of drug-likeness (QED) is 0.0707. The van der Waals surface area contributed by atoms with Gasteiger partial charge in [0.25, 0.3) is 23.6 Å². The average molecular weight is 1420 g/mol. The first-order valence-corrected chi connectivity index (χ1v) is 34.6. The Hall–Kier alpha value is -12.2. The minimum atomic E-state index is -0.470. The Labute approximate surface area is 604 Å². The van der Waals surface area contributed by atoms with Gasteiger partial charge in [0.2, 0.25) is 0 Å². The number of carbonyl (C=O) groups is 4. The van der Waals surface area contributed by atoms with Crippen molar-refractivity contribution in [3.05, 3.63) is 286 Å². The first-order chi connectivity index (χ1) is 50.8. The van der Waals surface area contributed by atoms with Gasteiger partial charge in [-0.25, -0.2) is 8.78 Å². The van der Waals surface area contributed by atoms with Gasteiger partial charge in [0.05, 0.1) is 27.8 Å². The zero-order valence-corrected chi connectivity index (χ0v) is 57.8. The van der Waals surface area contributed by atoms with Crippen molar-refractivity contribution in [1.82, 2.24) is 60.4 Å². The molecule has 4 N–H and O–H groups in total. The van der Waals surface area contributed by atoms with E-state index < -0.39 is 5.82 Å². The number of H-pyrrole nitrogens is 4. The third-order valence-electron chi connectivity index (χ3n) is 18.3. The Morgan fingerprint density at radius 2 is 0.654 bits per heavy atom. The van der Waals surface area contributed by atoms with E-state index in [0.717, 1.165) is 115 Å². The third kappa shape index (κ3) is 17.4. The van der Waals surface area contributed by atoms with E-state index in [-0.39, 0.29) is 61.6 Å². The molecule has 0 aliphatic carbocycles. The van der Waals surface area contributed by atoms with Gasteiger partial charge in [-0.1, -0.05) is 175 Å². The molecule has 20 nitrogen and oxygen atoms in total. The fourth-order valence-electron chi connectivity index (χ4n) is 12.6. The molecule has 0 saturated carbocycles. The van der Waals surface area contributed by atoms with Crippen molar-refractivity contribution >= 4 is 35.2 Å². The molecule has 528 valence electrons. The molecule has 8 heterocycles. The maximum absolute atomic E-state index is 13.6. The smallest absolute Gasteiger partial charge is 0.260 e. The van der Waals surface area contributed by atoms with E-state index in [4.69, 9.17) is 30.5 Å². The first kappa shape index (κ1) is 70.3. The number of benzene rings is 8. The highest BCUT2D eigenvalue weighted by molar-refractivity contribution is 6.32. The lowest BCUT2D eigenvalue weighted by atomic mass is 10.0. The second-order valence-electron chi connectivity index (χ2n) is 25.1. The number of nitrogens with zero attached hydrogens (tertiary/aromatic N) is 8. The van der Waals surface area contributed by atoms with Crippen molar-refractivity contribution in [3.63, 3.8) is 0 Å². The minimum Gasteiger partial charge on any atom is -0.484 e. The molecule has 8 aromatic carbocycles. The molecule has 16 rings (SSSR count). The maximum atomic E-state index is 13.6. The average Bonchev–Trinajstić information content (AvgIpc) is 1.65. The standard InChI is InChI=1S/C21H21N3O2.C20H18ClN3O2.2C20H18FN3O2/c1-15-7-9-17(10-8-15)26-14-20(25)24-12-11-19-18(13-24)21(23-22-19)16-5-3-2-4-6-16;2*21-16-8-4-5-9-18(16)26-13-19(25)24-11-10-17-15(12-24)20(23-22-17)14-6-2-1-3-7-14;21-15-6-8-16(9-7-15)26-13-19(25)24-11-10-18-17(12-24)20(23-22-18)14-4-2-1-3-5-14/h2-10H,11-14H2,1H3,(H,22,23);3*1-9H,10-13H2,(H,22,23).